The summed E-state index contributed by atoms with van der Waals surface area (Å²) in [5.41, 5.74) is 1.11. The first-order valence-corrected chi connectivity index (χ1v) is 9.10. The molecule has 0 bridgehead atoms. The number of rotatable bonds is 5. The maximum Gasteiger partial charge on any atom is 0.340 e. The molecule has 2 aromatic heterocycles. The molecule has 4 aromatic rings. The standard InChI is InChI=1S/C22H16FN3O5/c1-29-15-9-3-6-12(17(15)25-20(27)19-14(23)8-5-11-24-19)21-26-18-13(22(28)30-2)7-4-10-16(18)31-21/h3-11H,1-2H3,(H,25,27). The summed E-state index contributed by atoms with van der Waals surface area (Å²) >= 11 is 0. The number of esters is 1. The van der Waals surface area contributed by atoms with Crippen LogP contribution in [0, 0.1) is 5.82 Å². The number of ether oxygens (including phenoxy) is 2. The van der Waals surface area contributed by atoms with Crippen LogP contribution < -0.4 is 10.1 Å². The molecule has 2 aromatic carbocycles. The van der Waals surface area contributed by atoms with Crippen LogP contribution in [0.3, 0.4) is 0 Å². The number of hydrogen-bond acceptors (Lipinski definition) is 7. The first-order chi connectivity index (χ1) is 15.0. The first kappa shape index (κ1) is 20.0. The van der Waals surface area contributed by atoms with Crippen molar-refractivity contribution in [2.75, 3.05) is 19.5 Å². The Labute approximate surface area is 175 Å². The van der Waals surface area contributed by atoms with Crippen LogP contribution >= 0.6 is 0 Å². The van der Waals surface area contributed by atoms with Gasteiger partial charge in [-0.25, -0.2) is 19.2 Å². The van der Waals surface area contributed by atoms with Gasteiger partial charge in [-0.05, 0) is 36.4 Å². The fourth-order valence-electron chi connectivity index (χ4n) is 3.07. The Morgan fingerprint density at radius 3 is 2.61 bits per heavy atom. The van der Waals surface area contributed by atoms with Crippen LogP contribution in [0.4, 0.5) is 10.1 Å². The maximum atomic E-state index is 14.0. The molecule has 0 aliphatic carbocycles. The van der Waals surface area contributed by atoms with Crippen molar-refractivity contribution in [1.82, 2.24) is 9.97 Å². The highest BCUT2D eigenvalue weighted by Crippen LogP contribution is 2.37. The summed E-state index contributed by atoms with van der Waals surface area (Å²) in [4.78, 5) is 32.9. The SMILES string of the molecule is COC(=O)c1cccc2oc(-c3cccc(OC)c3NC(=O)c3ncccc3F)nc12. The predicted octanol–water partition coefficient (Wildman–Crippen LogP) is 4.08. The number of carbonyl (C=O) groups excluding carboxylic acids is 2. The summed E-state index contributed by atoms with van der Waals surface area (Å²) < 4.78 is 30.0. The molecule has 0 saturated carbocycles. The van der Waals surface area contributed by atoms with E-state index in [4.69, 9.17) is 13.9 Å². The number of methoxy groups -OCH3 is 2. The van der Waals surface area contributed by atoms with E-state index in [1.165, 1.54) is 26.5 Å². The predicted molar refractivity (Wildman–Crippen MR) is 109 cm³/mol. The summed E-state index contributed by atoms with van der Waals surface area (Å²) in [5, 5.41) is 2.62. The number of hydrogen-bond donors (Lipinski definition) is 1. The van der Waals surface area contributed by atoms with Gasteiger partial charge in [-0.1, -0.05) is 12.1 Å². The Balaban J connectivity index is 1.82. The highest BCUT2D eigenvalue weighted by atomic mass is 19.1. The number of halogens is 1. The second kappa shape index (κ2) is 8.23. The molecule has 0 aliphatic heterocycles. The van der Waals surface area contributed by atoms with Gasteiger partial charge in [-0.15, -0.1) is 0 Å². The molecule has 0 aliphatic rings. The molecule has 0 saturated heterocycles. The zero-order valence-electron chi connectivity index (χ0n) is 16.5. The fourth-order valence-corrected chi connectivity index (χ4v) is 3.07. The molecule has 0 fully saturated rings. The van der Waals surface area contributed by atoms with Crippen LogP contribution in [0.5, 0.6) is 5.75 Å². The Hall–Kier alpha value is -4.27. The number of pyridine rings is 1. The lowest BCUT2D eigenvalue weighted by Crippen LogP contribution is -2.16. The number of benzene rings is 2. The molecule has 31 heavy (non-hydrogen) atoms. The molecule has 0 radical (unpaired) electrons. The Kier molecular flexibility index (Phi) is 5.31. The van der Waals surface area contributed by atoms with E-state index in [2.05, 4.69) is 15.3 Å². The van der Waals surface area contributed by atoms with E-state index >= 15 is 0 Å². The summed E-state index contributed by atoms with van der Waals surface area (Å²) in [7, 11) is 2.70. The third kappa shape index (κ3) is 3.68. The molecule has 4 rings (SSSR count). The number of anilines is 1. The van der Waals surface area contributed by atoms with Gasteiger partial charge in [0.05, 0.1) is 31.0 Å². The van der Waals surface area contributed by atoms with Gasteiger partial charge in [0, 0.05) is 6.20 Å². The van der Waals surface area contributed by atoms with Gasteiger partial charge in [-0.3, -0.25) is 4.79 Å². The largest absolute Gasteiger partial charge is 0.495 e. The lowest BCUT2D eigenvalue weighted by atomic mass is 10.1. The smallest absolute Gasteiger partial charge is 0.340 e. The van der Waals surface area contributed by atoms with E-state index in [0.29, 0.717) is 22.4 Å². The van der Waals surface area contributed by atoms with Crippen molar-refractivity contribution in [2.45, 2.75) is 0 Å². The van der Waals surface area contributed by atoms with Crippen LogP contribution in [-0.4, -0.2) is 36.1 Å². The topological polar surface area (TPSA) is 104 Å². The Bertz CT molecular complexity index is 1300. The molecular weight excluding hydrogens is 405 g/mol. The van der Waals surface area contributed by atoms with Gasteiger partial charge in [-0.2, -0.15) is 0 Å². The van der Waals surface area contributed by atoms with Crippen molar-refractivity contribution in [3.05, 3.63) is 71.8 Å². The van der Waals surface area contributed by atoms with Crippen molar-refractivity contribution in [3.8, 4) is 17.2 Å². The maximum absolute atomic E-state index is 14.0. The third-order valence-corrected chi connectivity index (χ3v) is 4.51. The lowest BCUT2D eigenvalue weighted by Gasteiger charge is -2.13. The van der Waals surface area contributed by atoms with Crippen LogP contribution in [-0.2, 0) is 4.74 Å². The number of fused-ring (bicyclic) bond motifs is 1. The number of carbonyl (C=O) groups is 2. The molecule has 9 heteroatoms. The van der Waals surface area contributed by atoms with Crippen molar-refractivity contribution < 1.29 is 27.9 Å². The van der Waals surface area contributed by atoms with E-state index in [9.17, 15) is 14.0 Å². The lowest BCUT2D eigenvalue weighted by molar-refractivity contribution is 0.0602. The summed E-state index contributed by atoms with van der Waals surface area (Å²) in [6.45, 7) is 0. The normalized spacial score (nSPS) is 10.7. The van der Waals surface area contributed by atoms with Gasteiger partial charge in [0.1, 0.15) is 11.3 Å². The van der Waals surface area contributed by atoms with E-state index in [1.807, 2.05) is 0 Å². The molecule has 0 atom stereocenters. The second-order valence-electron chi connectivity index (χ2n) is 6.33. The molecule has 0 spiro atoms. The van der Waals surface area contributed by atoms with Gasteiger partial charge in [0.25, 0.3) is 5.91 Å². The molecule has 1 N–H and O–H groups in total. The van der Waals surface area contributed by atoms with Crippen molar-refractivity contribution in [1.29, 1.82) is 0 Å². The molecule has 0 unspecified atom stereocenters. The number of nitrogens with zero attached hydrogens (tertiary/aromatic N) is 2. The zero-order chi connectivity index (χ0) is 22.0. The van der Waals surface area contributed by atoms with Crippen molar-refractivity contribution in [3.63, 3.8) is 0 Å². The number of oxazole rings is 1. The second-order valence-corrected chi connectivity index (χ2v) is 6.33. The number of amides is 1. The third-order valence-electron chi connectivity index (χ3n) is 4.51. The molecule has 156 valence electrons. The van der Waals surface area contributed by atoms with Crippen LogP contribution in [0.15, 0.2) is 59.1 Å². The molecule has 8 nitrogen and oxygen atoms in total. The first-order valence-electron chi connectivity index (χ1n) is 9.10. The molecule has 2 heterocycles. The van der Waals surface area contributed by atoms with Crippen molar-refractivity contribution >= 4 is 28.7 Å². The highest BCUT2D eigenvalue weighted by Gasteiger charge is 2.22. The van der Waals surface area contributed by atoms with E-state index in [0.717, 1.165) is 6.07 Å². The van der Waals surface area contributed by atoms with Crippen LogP contribution in [0.25, 0.3) is 22.6 Å². The van der Waals surface area contributed by atoms with Crippen LogP contribution in [0.1, 0.15) is 20.8 Å². The summed E-state index contributed by atoms with van der Waals surface area (Å²) in [6.07, 6.45) is 1.32. The van der Waals surface area contributed by atoms with E-state index in [-0.39, 0.29) is 22.8 Å². The number of aromatic nitrogens is 2. The Morgan fingerprint density at radius 2 is 1.87 bits per heavy atom. The quantitative estimate of drug-likeness (QED) is 0.484. The Morgan fingerprint density at radius 1 is 1.06 bits per heavy atom. The number of para-hydroxylation sites is 2. The minimum absolute atomic E-state index is 0.127. The monoisotopic (exact) mass is 421 g/mol. The minimum Gasteiger partial charge on any atom is -0.495 e. The molecular formula is C22H16FN3O5. The average molecular weight is 421 g/mol. The van der Waals surface area contributed by atoms with E-state index < -0.39 is 17.7 Å². The highest BCUT2D eigenvalue weighted by molar-refractivity contribution is 6.06. The molecule has 1 amide bonds. The van der Waals surface area contributed by atoms with Crippen molar-refractivity contribution in [2.24, 2.45) is 0 Å². The van der Waals surface area contributed by atoms with Gasteiger partial charge in [0.15, 0.2) is 17.1 Å². The van der Waals surface area contributed by atoms with E-state index in [1.54, 1.807) is 36.4 Å². The number of nitrogens with one attached hydrogen (secondary N) is 1. The van der Waals surface area contributed by atoms with Gasteiger partial charge < -0.3 is 19.2 Å². The van der Waals surface area contributed by atoms with Gasteiger partial charge >= 0.3 is 5.97 Å². The minimum atomic E-state index is -0.768. The van der Waals surface area contributed by atoms with Gasteiger partial charge in [0.2, 0.25) is 5.89 Å². The van der Waals surface area contributed by atoms with Crippen LogP contribution in [0.2, 0.25) is 0 Å². The summed E-state index contributed by atoms with van der Waals surface area (Å²) in [6, 6.07) is 12.3. The fraction of sp³-hybridized carbons (Fsp3) is 0.0909. The zero-order valence-corrected chi connectivity index (χ0v) is 16.5. The average Bonchev–Trinajstić information content (AvgIpc) is 3.23. The summed E-state index contributed by atoms with van der Waals surface area (Å²) in [5.74, 6) is -1.66.